The summed E-state index contributed by atoms with van der Waals surface area (Å²) in [5.74, 6) is -2.11. The van der Waals surface area contributed by atoms with E-state index < -0.39 is 33.6 Å². The lowest BCUT2D eigenvalue weighted by Crippen LogP contribution is -2.61. The number of nitro benzene ring substituents is 1. The maximum Gasteiger partial charge on any atom is 0.326 e. The minimum atomic E-state index is -1.23. The van der Waals surface area contributed by atoms with Crippen molar-refractivity contribution >= 4 is 36.1 Å². The van der Waals surface area contributed by atoms with E-state index in [1.54, 1.807) is 24.3 Å². The number of rotatable bonds is 10. The van der Waals surface area contributed by atoms with Crippen LogP contribution in [-0.2, 0) is 20.8 Å². The van der Waals surface area contributed by atoms with E-state index in [9.17, 15) is 29.6 Å². The van der Waals surface area contributed by atoms with E-state index in [1.165, 1.54) is 18.3 Å². The predicted octanol–water partition coefficient (Wildman–Crippen LogP) is 3.15. The van der Waals surface area contributed by atoms with Gasteiger partial charge in [0.15, 0.2) is 0 Å². The standard InChI is InChI=1S/C25H30N4O6S/c1-15(2)21(36)22(30)28-25(10-3-4-11-25)24(33)27-20(23(31)32)12-16-8-9-19(26-14-16)17-6-5-7-18(13-17)29(34)35/h5-9,13-15,20-21,36H,3-4,10-12H2,1-2H3,(H,27,33)(H,28,30)(H,31,32). The van der Waals surface area contributed by atoms with Crippen molar-refractivity contribution < 1.29 is 24.4 Å². The summed E-state index contributed by atoms with van der Waals surface area (Å²) >= 11 is 4.34. The van der Waals surface area contributed by atoms with E-state index in [0.29, 0.717) is 29.7 Å². The van der Waals surface area contributed by atoms with Crippen LogP contribution in [0, 0.1) is 16.0 Å². The number of thiol groups is 1. The van der Waals surface area contributed by atoms with E-state index >= 15 is 0 Å². The van der Waals surface area contributed by atoms with Gasteiger partial charge in [-0.3, -0.25) is 24.7 Å². The Morgan fingerprint density at radius 2 is 1.89 bits per heavy atom. The number of aliphatic carboxylic acids is 1. The summed E-state index contributed by atoms with van der Waals surface area (Å²) < 4.78 is 0. The number of carboxylic acid groups (broad SMARTS) is 1. The molecule has 192 valence electrons. The van der Waals surface area contributed by atoms with Crippen molar-refractivity contribution in [1.29, 1.82) is 0 Å². The molecule has 10 nitrogen and oxygen atoms in total. The Bertz CT molecular complexity index is 1130. The molecule has 0 radical (unpaired) electrons. The van der Waals surface area contributed by atoms with E-state index in [1.807, 2.05) is 13.8 Å². The second-order valence-corrected chi connectivity index (χ2v) is 9.95. The first kappa shape index (κ1) is 27.1. The Hall–Kier alpha value is -3.47. The number of carboxylic acids is 1. The third-order valence-electron chi connectivity index (χ3n) is 6.38. The minimum Gasteiger partial charge on any atom is -0.480 e. The van der Waals surface area contributed by atoms with Gasteiger partial charge in [-0.1, -0.05) is 44.9 Å². The highest BCUT2D eigenvalue weighted by atomic mass is 32.1. The SMILES string of the molecule is CC(C)C(S)C(=O)NC1(C(=O)NC(Cc2ccc(-c3cccc([N+](=O)[O-])c3)nc2)C(=O)O)CCCC1. The van der Waals surface area contributed by atoms with Crippen molar-refractivity contribution in [3.05, 3.63) is 58.3 Å². The van der Waals surface area contributed by atoms with Crippen LogP contribution in [0.4, 0.5) is 5.69 Å². The molecule has 2 atom stereocenters. The van der Waals surface area contributed by atoms with Crippen LogP contribution in [0.25, 0.3) is 11.3 Å². The quantitative estimate of drug-likeness (QED) is 0.216. The van der Waals surface area contributed by atoms with Crippen LogP contribution in [0.3, 0.4) is 0 Å². The molecule has 11 heteroatoms. The van der Waals surface area contributed by atoms with Crippen molar-refractivity contribution in [2.45, 2.75) is 62.8 Å². The van der Waals surface area contributed by atoms with Gasteiger partial charge >= 0.3 is 5.97 Å². The molecule has 1 aromatic carbocycles. The number of carbonyl (C=O) groups excluding carboxylic acids is 2. The fraction of sp³-hybridized carbons (Fsp3) is 0.440. The van der Waals surface area contributed by atoms with Gasteiger partial charge in [-0.15, -0.1) is 0 Å². The molecule has 3 N–H and O–H groups in total. The van der Waals surface area contributed by atoms with E-state index in [4.69, 9.17) is 0 Å². The molecule has 3 rings (SSSR count). The van der Waals surface area contributed by atoms with Gasteiger partial charge < -0.3 is 15.7 Å². The first-order valence-corrected chi connectivity index (χ1v) is 12.3. The zero-order valence-electron chi connectivity index (χ0n) is 20.1. The minimum absolute atomic E-state index is 0.0193. The number of amides is 2. The van der Waals surface area contributed by atoms with Gasteiger partial charge in [0.05, 0.1) is 15.9 Å². The number of nitro groups is 1. The zero-order chi connectivity index (χ0) is 26.5. The second kappa shape index (κ2) is 11.5. The summed E-state index contributed by atoms with van der Waals surface area (Å²) in [6, 6.07) is 8.14. The molecule has 1 saturated carbocycles. The summed E-state index contributed by atoms with van der Waals surface area (Å²) in [4.78, 5) is 52.7. The molecule has 0 aliphatic heterocycles. The van der Waals surface area contributed by atoms with Crippen molar-refractivity contribution in [1.82, 2.24) is 15.6 Å². The number of non-ortho nitro benzene ring substituents is 1. The number of nitrogens with zero attached hydrogens (tertiary/aromatic N) is 2. The number of nitrogens with one attached hydrogen (secondary N) is 2. The summed E-state index contributed by atoms with van der Waals surface area (Å²) in [7, 11) is 0. The largest absolute Gasteiger partial charge is 0.480 e. The van der Waals surface area contributed by atoms with Crippen LogP contribution in [0.1, 0.15) is 45.1 Å². The Kier molecular flexibility index (Phi) is 8.67. The topological polar surface area (TPSA) is 152 Å². The van der Waals surface area contributed by atoms with Gasteiger partial charge in [-0.2, -0.15) is 12.6 Å². The molecule has 0 spiro atoms. The van der Waals surface area contributed by atoms with E-state index in [2.05, 4.69) is 28.2 Å². The van der Waals surface area contributed by atoms with Gasteiger partial charge in [0.25, 0.3) is 5.69 Å². The molecule has 2 unspecified atom stereocenters. The van der Waals surface area contributed by atoms with Gasteiger partial charge in [0, 0.05) is 30.3 Å². The maximum atomic E-state index is 13.2. The highest BCUT2D eigenvalue weighted by Gasteiger charge is 2.44. The van der Waals surface area contributed by atoms with Crippen LogP contribution in [0.5, 0.6) is 0 Å². The fourth-order valence-electron chi connectivity index (χ4n) is 4.23. The molecule has 36 heavy (non-hydrogen) atoms. The third kappa shape index (κ3) is 6.39. The van der Waals surface area contributed by atoms with Gasteiger partial charge in [-0.05, 0) is 30.4 Å². The molecule has 2 aromatic rings. The predicted molar refractivity (Wildman–Crippen MR) is 137 cm³/mol. The van der Waals surface area contributed by atoms with E-state index in [0.717, 1.165) is 12.8 Å². The van der Waals surface area contributed by atoms with Crippen molar-refractivity contribution in [2.75, 3.05) is 0 Å². The van der Waals surface area contributed by atoms with Crippen LogP contribution in [0.15, 0.2) is 42.6 Å². The third-order valence-corrected chi connectivity index (χ3v) is 7.21. The number of hydrogen-bond acceptors (Lipinski definition) is 7. The lowest BCUT2D eigenvalue weighted by Gasteiger charge is -2.32. The molecular formula is C25H30N4O6S. The maximum absolute atomic E-state index is 13.2. The van der Waals surface area contributed by atoms with Gasteiger partial charge in [0.2, 0.25) is 11.8 Å². The molecule has 0 bridgehead atoms. The number of carbonyl (C=O) groups is 3. The van der Waals surface area contributed by atoms with Gasteiger partial charge in [0.1, 0.15) is 11.6 Å². The highest BCUT2D eigenvalue weighted by Crippen LogP contribution is 2.31. The summed E-state index contributed by atoms with van der Waals surface area (Å²) in [5, 5.41) is 25.7. The number of hydrogen-bond donors (Lipinski definition) is 4. The summed E-state index contributed by atoms with van der Waals surface area (Å²) in [5.41, 5.74) is 0.401. The average molecular weight is 515 g/mol. The lowest BCUT2D eigenvalue weighted by molar-refractivity contribution is -0.384. The smallest absolute Gasteiger partial charge is 0.326 e. The van der Waals surface area contributed by atoms with Gasteiger partial charge in [-0.25, -0.2) is 4.79 Å². The average Bonchev–Trinajstić information content (AvgIpc) is 3.33. The van der Waals surface area contributed by atoms with Crippen LogP contribution in [-0.4, -0.2) is 49.6 Å². The Labute approximate surface area is 214 Å². The molecule has 2 amide bonds. The Morgan fingerprint density at radius 1 is 1.19 bits per heavy atom. The van der Waals surface area contributed by atoms with Crippen LogP contribution in [0.2, 0.25) is 0 Å². The Balaban J connectivity index is 1.73. The Morgan fingerprint density at radius 3 is 2.44 bits per heavy atom. The molecule has 1 aromatic heterocycles. The molecule has 1 aliphatic rings. The van der Waals surface area contributed by atoms with Crippen LogP contribution >= 0.6 is 12.6 Å². The molecule has 0 saturated heterocycles. The fourth-order valence-corrected chi connectivity index (χ4v) is 4.29. The van der Waals surface area contributed by atoms with E-state index in [-0.39, 0.29) is 23.9 Å². The van der Waals surface area contributed by atoms with Crippen molar-refractivity contribution in [3.8, 4) is 11.3 Å². The second-order valence-electron chi connectivity index (χ2n) is 9.39. The first-order chi connectivity index (χ1) is 17.0. The molecular weight excluding hydrogens is 484 g/mol. The van der Waals surface area contributed by atoms with Crippen molar-refractivity contribution in [2.24, 2.45) is 5.92 Å². The highest BCUT2D eigenvalue weighted by molar-refractivity contribution is 7.81. The lowest BCUT2D eigenvalue weighted by atomic mass is 9.94. The molecule has 1 fully saturated rings. The first-order valence-electron chi connectivity index (χ1n) is 11.8. The number of benzene rings is 1. The summed E-state index contributed by atoms with van der Waals surface area (Å²) in [6.07, 6.45) is 3.80. The normalized spacial score (nSPS) is 16.2. The summed E-state index contributed by atoms with van der Waals surface area (Å²) in [6.45, 7) is 3.72. The monoisotopic (exact) mass is 514 g/mol. The van der Waals surface area contributed by atoms with Crippen molar-refractivity contribution in [3.63, 3.8) is 0 Å². The number of pyridine rings is 1. The zero-order valence-corrected chi connectivity index (χ0v) is 21.0. The molecule has 1 aliphatic carbocycles. The van der Waals surface area contributed by atoms with Crippen LogP contribution < -0.4 is 10.6 Å². The number of aromatic nitrogens is 1. The molecule has 1 heterocycles.